The summed E-state index contributed by atoms with van der Waals surface area (Å²) in [5.74, 6) is -0.189. The Morgan fingerprint density at radius 3 is 2.68 bits per heavy atom. The standard InChI is InChI=1S/C21H29N3O3S/c1-4-16-15-9-11-28-17(15)8-10-23(16)18(25)12-24-19(26)21(22-20(24)27)13(2)6-5-7-14(21)3/h9,11,13-14,16H,4-8,10,12H2,1-3H3,(H,22,27). The van der Waals surface area contributed by atoms with E-state index in [0.29, 0.717) is 6.54 Å². The number of hydrogen-bond acceptors (Lipinski definition) is 4. The largest absolute Gasteiger partial charge is 0.334 e. The van der Waals surface area contributed by atoms with E-state index in [0.717, 1.165) is 37.0 Å². The Labute approximate surface area is 170 Å². The van der Waals surface area contributed by atoms with Gasteiger partial charge in [0.15, 0.2) is 0 Å². The molecule has 1 saturated heterocycles. The highest BCUT2D eigenvalue weighted by Gasteiger charge is 2.58. The Morgan fingerprint density at radius 2 is 2.00 bits per heavy atom. The van der Waals surface area contributed by atoms with Crippen LogP contribution in [0.4, 0.5) is 4.79 Å². The molecule has 3 heterocycles. The van der Waals surface area contributed by atoms with Gasteiger partial charge in [-0.2, -0.15) is 0 Å². The molecule has 0 bridgehead atoms. The molecule has 3 unspecified atom stereocenters. The third kappa shape index (κ3) is 2.78. The fourth-order valence-electron chi connectivity index (χ4n) is 5.46. The summed E-state index contributed by atoms with van der Waals surface area (Å²) in [5.41, 5.74) is 0.373. The number of urea groups is 1. The van der Waals surface area contributed by atoms with E-state index in [1.165, 1.54) is 10.4 Å². The van der Waals surface area contributed by atoms with Crippen LogP contribution in [0, 0.1) is 11.8 Å². The lowest BCUT2D eigenvalue weighted by Crippen LogP contribution is -2.59. The van der Waals surface area contributed by atoms with Crippen LogP contribution in [-0.2, 0) is 16.0 Å². The van der Waals surface area contributed by atoms with Gasteiger partial charge in [-0.1, -0.05) is 27.2 Å². The summed E-state index contributed by atoms with van der Waals surface area (Å²) in [6.07, 6.45) is 4.58. The maximum absolute atomic E-state index is 13.3. The van der Waals surface area contributed by atoms with Crippen LogP contribution in [0.3, 0.4) is 0 Å². The number of fused-ring (bicyclic) bond motifs is 1. The van der Waals surface area contributed by atoms with Crippen LogP contribution < -0.4 is 5.32 Å². The number of rotatable bonds is 3. The van der Waals surface area contributed by atoms with E-state index in [1.807, 2.05) is 18.7 Å². The third-order valence-corrected chi connectivity index (χ3v) is 8.08. The Balaban J connectivity index is 1.54. The van der Waals surface area contributed by atoms with Crippen molar-refractivity contribution >= 4 is 29.2 Å². The molecule has 1 aliphatic carbocycles. The number of nitrogens with one attached hydrogen (secondary N) is 1. The number of thiophene rings is 1. The lowest BCUT2D eigenvalue weighted by molar-refractivity contribution is -0.143. The molecule has 1 spiro atoms. The zero-order valence-corrected chi connectivity index (χ0v) is 17.7. The first kappa shape index (κ1) is 19.4. The molecular weight excluding hydrogens is 374 g/mol. The van der Waals surface area contributed by atoms with E-state index in [2.05, 4.69) is 23.7 Å². The van der Waals surface area contributed by atoms with Crippen molar-refractivity contribution < 1.29 is 14.4 Å². The second-order valence-electron chi connectivity index (χ2n) is 8.48. The van der Waals surface area contributed by atoms with E-state index in [1.54, 1.807) is 11.3 Å². The topological polar surface area (TPSA) is 69.7 Å². The molecule has 3 atom stereocenters. The van der Waals surface area contributed by atoms with E-state index < -0.39 is 11.6 Å². The molecule has 4 rings (SSSR count). The maximum atomic E-state index is 13.3. The zero-order valence-electron chi connectivity index (χ0n) is 16.9. The van der Waals surface area contributed by atoms with Crippen molar-refractivity contribution in [1.29, 1.82) is 0 Å². The number of nitrogens with zero attached hydrogens (tertiary/aromatic N) is 2. The second kappa shape index (κ2) is 7.17. The third-order valence-electron chi connectivity index (χ3n) is 7.08. The van der Waals surface area contributed by atoms with Crippen molar-refractivity contribution in [2.24, 2.45) is 11.8 Å². The molecule has 1 N–H and O–H groups in total. The van der Waals surface area contributed by atoms with Gasteiger partial charge in [-0.3, -0.25) is 14.5 Å². The SMILES string of the molecule is CCC1c2ccsc2CCN1C(=O)CN1C(=O)NC2(C1=O)C(C)CCCC2C. The number of hydrogen-bond donors (Lipinski definition) is 1. The lowest BCUT2D eigenvalue weighted by atomic mass is 9.67. The monoisotopic (exact) mass is 403 g/mol. The van der Waals surface area contributed by atoms with E-state index in [9.17, 15) is 14.4 Å². The smallest absolute Gasteiger partial charge is 0.325 e. The Morgan fingerprint density at radius 1 is 1.29 bits per heavy atom. The molecule has 1 aromatic heterocycles. The zero-order chi connectivity index (χ0) is 20.1. The molecule has 7 heteroatoms. The van der Waals surface area contributed by atoms with Gasteiger partial charge in [-0.25, -0.2) is 4.79 Å². The average Bonchev–Trinajstić information content (AvgIpc) is 3.24. The molecule has 0 radical (unpaired) electrons. The predicted molar refractivity (Wildman–Crippen MR) is 108 cm³/mol. The molecular formula is C21H29N3O3S. The van der Waals surface area contributed by atoms with Crippen molar-refractivity contribution in [3.8, 4) is 0 Å². The van der Waals surface area contributed by atoms with Crippen LogP contribution >= 0.6 is 11.3 Å². The molecule has 2 fully saturated rings. The molecule has 152 valence electrons. The first-order valence-corrected chi connectivity index (χ1v) is 11.3. The highest BCUT2D eigenvalue weighted by atomic mass is 32.1. The summed E-state index contributed by atoms with van der Waals surface area (Å²) in [7, 11) is 0. The fraction of sp³-hybridized carbons (Fsp3) is 0.667. The number of carbonyl (C=O) groups is 3. The quantitative estimate of drug-likeness (QED) is 0.787. The van der Waals surface area contributed by atoms with Crippen molar-refractivity contribution in [3.63, 3.8) is 0 Å². The number of carbonyl (C=O) groups excluding carboxylic acids is 3. The minimum atomic E-state index is -0.845. The minimum Gasteiger partial charge on any atom is -0.334 e. The van der Waals surface area contributed by atoms with Gasteiger partial charge in [-0.15, -0.1) is 11.3 Å². The van der Waals surface area contributed by atoms with Crippen LogP contribution in [0.5, 0.6) is 0 Å². The normalized spacial score (nSPS) is 32.6. The maximum Gasteiger partial charge on any atom is 0.325 e. The molecule has 1 aromatic rings. The first-order valence-electron chi connectivity index (χ1n) is 10.4. The van der Waals surface area contributed by atoms with Crippen LogP contribution in [0.1, 0.15) is 62.9 Å². The summed E-state index contributed by atoms with van der Waals surface area (Å²) in [5, 5.41) is 5.06. The van der Waals surface area contributed by atoms with Crippen molar-refractivity contribution in [3.05, 3.63) is 21.9 Å². The molecule has 0 aromatic carbocycles. The first-order chi connectivity index (χ1) is 13.4. The Bertz CT molecular complexity index is 795. The molecule has 1 saturated carbocycles. The number of imide groups is 1. The highest BCUT2D eigenvalue weighted by molar-refractivity contribution is 7.10. The minimum absolute atomic E-state index is 0.0322. The molecule has 6 nitrogen and oxygen atoms in total. The van der Waals surface area contributed by atoms with E-state index in [-0.39, 0.29) is 36.2 Å². The lowest BCUT2D eigenvalue weighted by Gasteiger charge is -2.42. The highest BCUT2D eigenvalue weighted by Crippen LogP contribution is 2.42. The molecule has 28 heavy (non-hydrogen) atoms. The summed E-state index contributed by atoms with van der Waals surface area (Å²) in [4.78, 5) is 43.5. The molecule has 4 amide bonds. The fourth-order valence-corrected chi connectivity index (χ4v) is 6.39. The van der Waals surface area contributed by atoms with Gasteiger partial charge >= 0.3 is 6.03 Å². The van der Waals surface area contributed by atoms with Crippen molar-refractivity contribution in [1.82, 2.24) is 15.1 Å². The van der Waals surface area contributed by atoms with Gasteiger partial charge in [0.1, 0.15) is 12.1 Å². The van der Waals surface area contributed by atoms with Gasteiger partial charge in [0.05, 0.1) is 6.04 Å². The predicted octanol–water partition coefficient (Wildman–Crippen LogP) is 3.33. The molecule has 3 aliphatic rings. The van der Waals surface area contributed by atoms with Gasteiger partial charge < -0.3 is 10.2 Å². The van der Waals surface area contributed by atoms with Crippen LogP contribution in [0.2, 0.25) is 0 Å². The van der Waals surface area contributed by atoms with Crippen molar-refractivity contribution in [2.45, 2.75) is 64.5 Å². The summed E-state index contributed by atoms with van der Waals surface area (Å²) >= 11 is 1.74. The van der Waals surface area contributed by atoms with Gasteiger partial charge in [0.25, 0.3) is 5.91 Å². The van der Waals surface area contributed by atoms with Crippen molar-refractivity contribution in [2.75, 3.05) is 13.1 Å². The Hall–Kier alpha value is -1.89. The summed E-state index contributed by atoms with van der Waals surface area (Å²) in [6, 6.07) is 1.71. The summed E-state index contributed by atoms with van der Waals surface area (Å²) in [6.45, 7) is 6.63. The average molecular weight is 404 g/mol. The van der Waals surface area contributed by atoms with Crippen LogP contribution in [0.15, 0.2) is 11.4 Å². The van der Waals surface area contributed by atoms with Crippen LogP contribution in [0.25, 0.3) is 0 Å². The van der Waals surface area contributed by atoms with Gasteiger partial charge in [0.2, 0.25) is 5.91 Å². The van der Waals surface area contributed by atoms with E-state index >= 15 is 0 Å². The van der Waals surface area contributed by atoms with Crippen LogP contribution in [-0.4, -0.2) is 46.3 Å². The van der Waals surface area contributed by atoms with Gasteiger partial charge in [-0.05, 0) is 54.5 Å². The van der Waals surface area contributed by atoms with Gasteiger partial charge in [0, 0.05) is 11.4 Å². The second-order valence-corrected chi connectivity index (χ2v) is 9.48. The molecule has 2 aliphatic heterocycles. The number of amides is 4. The Kier molecular flexibility index (Phi) is 4.98. The summed E-state index contributed by atoms with van der Waals surface area (Å²) < 4.78 is 0. The van der Waals surface area contributed by atoms with E-state index in [4.69, 9.17) is 0 Å².